The van der Waals surface area contributed by atoms with Crippen molar-refractivity contribution in [3.05, 3.63) is 29.8 Å². The van der Waals surface area contributed by atoms with Crippen molar-refractivity contribution in [3.8, 4) is 5.75 Å². The summed E-state index contributed by atoms with van der Waals surface area (Å²) in [5.74, 6) is 0.567. The van der Waals surface area contributed by atoms with Gasteiger partial charge in [0.1, 0.15) is 5.75 Å². The molecule has 26 heavy (non-hydrogen) atoms. The highest BCUT2D eigenvalue weighted by molar-refractivity contribution is 5.80. The zero-order chi connectivity index (χ0) is 18.6. The molecule has 1 aromatic carbocycles. The van der Waals surface area contributed by atoms with E-state index in [1.165, 1.54) is 0 Å². The lowest BCUT2D eigenvalue weighted by molar-refractivity contribution is -0.183. The van der Waals surface area contributed by atoms with E-state index in [1.54, 1.807) is 7.05 Å². The second-order valence-corrected chi connectivity index (χ2v) is 7.07. The minimum Gasteiger partial charge on any atom is -0.493 e. The van der Waals surface area contributed by atoms with Gasteiger partial charge in [-0.1, -0.05) is 24.6 Å². The summed E-state index contributed by atoms with van der Waals surface area (Å²) >= 11 is 0. The van der Waals surface area contributed by atoms with Gasteiger partial charge in [0.25, 0.3) is 0 Å². The monoisotopic (exact) mass is 369 g/mol. The molecule has 0 spiro atoms. The van der Waals surface area contributed by atoms with Crippen LogP contribution in [0.25, 0.3) is 0 Å². The van der Waals surface area contributed by atoms with E-state index >= 15 is 0 Å². The van der Waals surface area contributed by atoms with Gasteiger partial charge in [-0.3, -0.25) is 4.99 Å². The van der Waals surface area contributed by atoms with Crippen molar-refractivity contribution in [2.24, 2.45) is 10.9 Å². The Labute approximate surface area is 152 Å². The number of hydrogen-bond acceptors (Lipinski definition) is 2. The molecule has 7 heteroatoms. The predicted octanol–water partition coefficient (Wildman–Crippen LogP) is 3.84. The van der Waals surface area contributed by atoms with Crippen LogP contribution >= 0.6 is 0 Å². The van der Waals surface area contributed by atoms with E-state index < -0.39 is 12.1 Å². The predicted molar refractivity (Wildman–Crippen MR) is 95.6 cm³/mol. The molecule has 2 N–H and O–H groups in total. The lowest BCUT2D eigenvalue weighted by atomic mass is 9.85. The summed E-state index contributed by atoms with van der Waals surface area (Å²) in [4.78, 5) is 4.19. The molecule has 0 radical (unpaired) electrons. The highest BCUT2D eigenvalue weighted by Crippen LogP contribution is 2.37. The molecule has 0 amide bonds. The Morgan fingerprint density at radius 1 is 1.23 bits per heavy atom. The highest BCUT2D eigenvalue weighted by Gasteiger charge is 2.42. The minimum absolute atomic E-state index is 0.115. The zero-order valence-corrected chi connectivity index (χ0v) is 15.0. The number of halogens is 3. The average Bonchev–Trinajstić information content (AvgIpc) is 2.64. The van der Waals surface area contributed by atoms with Crippen LogP contribution in [0.4, 0.5) is 13.2 Å². The van der Waals surface area contributed by atoms with Gasteiger partial charge < -0.3 is 15.4 Å². The summed E-state index contributed by atoms with van der Waals surface area (Å²) in [5, 5.41) is 6.46. The van der Waals surface area contributed by atoms with Crippen molar-refractivity contribution < 1.29 is 17.9 Å². The Hall–Kier alpha value is -1.92. The van der Waals surface area contributed by atoms with Crippen molar-refractivity contribution >= 4 is 5.96 Å². The fourth-order valence-electron chi connectivity index (χ4n) is 3.85. The molecule has 1 aromatic rings. The van der Waals surface area contributed by atoms with E-state index in [0.29, 0.717) is 31.4 Å². The van der Waals surface area contributed by atoms with Gasteiger partial charge in [-0.2, -0.15) is 13.2 Å². The van der Waals surface area contributed by atoms with Gasteiger partial charge in [-0.15, -0.1) is 0 Å². The van der Waals surface area contributed by atoms with E-state index in [9.17, 15) is 13.2 Å². The maximum Gasteiger partial charge on any atom is 0.391 e. The van der Waals surface area contributed by atoms with Crippen LogP contribution in [0.5, 0.6) is 5.75 Å². The van der Waals surface area contributed by atoms with Crippen LogP contribution in [0.15, 0.2) is 29.3 Å². The first-order valence-electron chi connectivity index (χ1n) is 9.23. The van der Waals surface area contributed by atoms with Gasteiger partial charge >= 0.3 is 6.18 Å². The minimum atomic E-state index is -4.11. The number of alkyl halides is 3. The molecule has 3 rings (SSSR count). The van der Waals surface area contributed by atoms with Crippen LogP contribution in [-0.2, 0) is 0 Å². The second-order valence-electron chi connectivity index (χ2n) is 7.07. The van der Waals surface area contributed by atoms with E-state index in [2.05, 4.69) is 21.7 Å². The number of para-hydroxylation sites is 1. The third kappa shape index (κ3) is 4.62. The second kappa shape index (κ2) is 8.18. The van der Waals surface area contributed by atoms with Crippen molar-refractivity contribution in [2.45, 2.75) is 50.2 Å². The molecule has 1 heterocycles. The van der Waals surface area contributed by atoms with Crippen LogP contribution in [-0.4, -0.2) is 38.4 Å². The third-order valence-electron chi connectivity index (χ3n) is 5.30. The first-order chi connectivity index (χ1) is 12.5. The van der Waals surface area contributed by atoms with Gasteiger partial charge in [-0.25, -0.2) is 0 Å². The SMILES string of the molecule is CN=C(NCC1CCOc2ccccc21)NC1CCCC(C(F)(F)F)C1. The topological polar surface area (TPSA) is 45.7 Å². The number of guanidine groups is 1. The summed E-state index contributed by atoms with van der Waals surface area (Å²) in [6, 6.07) is 7.78. The first kappa shape index (κ1) is 18.9. The normalized spacial score (nSPS) is 26.6. The van der Waals surface area contributed by atoms with Crippen molar-refractivity contribution in [3.63, 3.8) is 0 Å². The molecule has 1 aliphatic heterocycles. The Balaban J connectivity index is 1.54. The molecule has 0 aromatic heterocycles. The van der Waals surface area contributed by atoms with Crippen LogP contribution in [0.2, 0.25) is 0 Å². The van der Waals surface area contributed by atoms with E-state index in [1.807, 2.05) is 18.2 Å². The Kier molecular flexibility index (Phi) is 5.94. The molecular weight excluding hydrogens is 343 g/mol. The molecule has 3 unspecified atom stereocenters. The third-order valence-corrected chi connectivity index (χ3v) is 5.30. The van der Waals surface area contributed by atoms with Crippen molar-refractivity contribution in [1.82, 2.24) is 10.6 Å². The first-order valence-corrected chi connectivity index (χ1v) is 9.23. The molecule has 144 valence electrons. The molecule has 0 bridgehead atoms. The van der Waals surface area contributed by atoms with Gasteiger partial charge in [0.2, 0.25) is 0 Å². The number of aliphatic imine (C=N–C) groups is 1. The Morgan fingerprint density at radius 3 is 2.81 bits per heavy atom. The Morgan fingerprint density at radius 2 is 2.04 bits per heavy atom. The number of rotatable bonds is 3. The van der Waals surface area contributed by atoms with Gasteiger partial charge in [-0.05, 0) is 37.3 Å². The Bertz CT molecular complexity index is 633. The number of nitrogens with one attached hydrogen (secondary N) is 2. The molecule has 3 atom stereocenters. The van der Waals surface area contributed by atoms with E-state index in [-0.39, 0.29) is 18.9 Å². The maximum atomic E-state index is 13.0. The van der Waals surface area contributed by atoms with Crippen molar-refractivity contribution in [1.29, 1.82) is 0 Å². The molecule has 1 fully saturated rings. The number of hydrogen-bond donors (Lipinski definition) is 2. The van der Waals surface area contributed by atoms with Crippen LogP contribution in [0.3, 0.4) is 0 Å². The summed E-state index contributed by atoms with van der Waals surface area (Å²) in [6.07, 6.45) is -1.53. The van der Waals surface area contributed by atoms with Crippen LogP contribution < -0.4 is 15.4 Å². The number of nitrogens with zero attached hydrogens (tertiary/aromatic N) is 1. The lowest BCUT2D eigenvalue weighted by Gasteiger charge is -2.32. The number of fused-ring (bicyclic) bond motifs is 1. The summed E-state index contributed by atoms with van der Waals surface area (Å²) < 4.78 is 44.6. The molecular formula is C19H26F3N3O. The highest BCUT2D eigenvalue weighted by atomic mass is 19.4. The average molecular weight is 369 g/mol. The number of ether oxygens (including phenoxy) is 1. The fourth-order valence-corrected chi connectivity index (χ4v) is 3.85. The summed E-state index contributed by atoms with van der Waals surface area (Å²) in [7, 11) is 1.65. The molecule has 4 nitrogen and oxygen atoms in total. The largest absolute Gasteiger partial charge is 0.493 e. The van der Waals surface area contributed by atoms with Crippen molar-refractivity contribution in [2.75, 3.05) is 20.2 Å². The molecule has 1 aliphatic carbocycles. The van der Waals surface area contributed by atoms with Gasteiger partial charge in [0.05, 0.1) is 12.5 Å². The zero-order valence-electron chi connectivity index (χ0n) is 15.0. The standard InChI is InChI=1S/C19H26F3N3O/c1-23-18(25-15-6-4-5-14(11-15)19(20,21)22)24-12-13-9-10-26-17-8-3-2-7-16(13)17/h2-3,7-8,13-15H,4-6,9-12H2,1H3,(H2,23,24,25). The van der Waals surface area contributed by atoms with Crippen LogP contribution in [0.1, 0.15) is 43.6 Å². The summed E-state index contributed by atoms with van der Waals surface area (Å²) in [6.45, 7) is 1.35. The lowest BCUT2D eigenvalue weighted by Crippen LogP contribution is -2.47. The van der Waals surface area contributed by atoms with E-state index in [4.69, 9.17) is 4.74 Å². The fraction of sp³-hybridized carbons (Fsp3) is 0.632. The quantitative estimate of drug-likeness (QED) is 0.629. The molecule has 1 saturated carbocycles. The molecule has 2 aliphatic rings. The van der Waals surface area contributed by atoms with Gasteiger partial charge in [0.15, 0.2) is 5.96 Å². The molecule has 0 saturated heterocycles. The smallest absolute Gasteiger partial charge is 0.391 e. The maximum absolute atomic E-state index is 13.0. The van der Waals surface area contributed by atoms with Crippen LogP contribution in [0, 0.1) is 5.92 Å². The van der Waals surface area contributed by atoms with Gasteiger partial charge in [0, 0.05) is 25.6 Å². The number of benzene rings is 1. The van der Waals surface area contributed by atoms with E-state index in [0.717, 1.165) is 24.2 Å². The summed E-state index contributed by atoms with van der Waals surface area (Å²) in [5.41, 5.74) is 1.16.